The summed E-state index contributed by atoms with van der Waals surface area (Å²) >= 11 is 1.62. The van der Waals surface area contributed by atoms with Crippen molar-refractivity contribution < 1.29 is 10.0 Å². The molecule has 1 aromatic heterocycles. The molecule has 28 heavy (non-hydrogen) atoms. The molecule has 0 spiro atoms. The Morgan fingerprint density at radius 2 is 1.25 bits per heavy atom. The molecule has 0 saturated carbocycles. The van der Waals surface area contributed by atoms with Crippen molar-refractivity contribution in [1.29, 1.82) is 0 Å². The second-order valence-corrected chi connectivity index (χ2v) is 7.85. The van der Waals surface area contributed by atoms with E-state index < -0.39 is 7.12 Å². The maximum absolute atomic E-state index is 10.1. The Labute approximate surface area is 167 Å². The van der Waals surface area contributed by atoms with Crippen LogP contribution in [0.3, 0.4) is 0 Å². The Morgan fingerprint density at radius 1 is 0.571 bits per heavy atom. The van der Waals surface area contributed by atoms with E-state index in [0.717, 1.165) is 36.9 Å². The first-order chi connectivity index (χ1) is 13.7. The summed E-state index contributed by atoms with van der Waals surface area (Å²) in [5.74, 6) is 0. The summed E-state index contributed by atoms with van der Waals surface area (Å²) in [6.45, 7) is 0. The van der Waals surface area contributed by atoms with Crippen LogP contribution in [0.1, 0.15) is 0 Å². The minimum absolute atomic E-state index is 0.552. The molecule has 0 atom stereocenters. The number of hydrogen-bond donors (Lipinski definition) is 2. The fourth-order valence-electron chi connectivity index (χ4n) is 3.76. The molecule has 0 amide bonds. The molecule has 4 heteroatoms. The molecule has 0 aliphatic rings. The van der Waals surface area contributed by atoms with E-state index in [4.69, 9.17) is 0 Å². The van der Waals surface area contributed by atoms with Crippen LogP contribution in [0.15, 0.2) is 91.0 Å². The van der Waals surface area contributed by atoms with Crippen LogP contribution < -0.4 is 5.46 Å². The minimum Gasteiger partial charge on any atom is -0.423 e. The van der Waals surface area contributed by atoms with Crippen molar-refractivity contribution in [3.05, 3.63) is 91.0 Å². The number of benzene rings is 4. The topological polar surface area (TPSA) is 40.5 Å². The first kappa shape index (κ1) is 17.2. The van der Waals surface area contributed by atoms with E-state index in [9.17, 15) is 10.0 Å². The van der Waals surface area contributed by atoms with E-state index in [1.165, 1.54) is 5.56 Å². The summed E-state index contributed by atoms with van der Waals surface area (Å²) in [4.78, 5) is 0. The van der Waals surface area contributed by atoms with E-state index in [2.05, 4.69) is 36.4 Å². The van der Waals surface area contributed by atoms with Gasteiger partial charge in [0.2, 0.25) is 0 Å². The molecule has 1 heterocycles. The smallest absolute Gasteiger partial charge is 0.423 e. The lowest BCUT2D eigenvalue weighted by Gasteiger charge is -2.07. The Balaban J connectivity index is 1.85. The molecule has 0 fully saturated rings. The molecule has 0 unspecified atom stereocenters. The maximum Gasteiger partial charge on any atom is 0.489 e. The lowest BCUT2D eigenvalue weighted by atomic mass is 9.78. The average molecular weight is 380 g/mol. The van der Waals surface area contributed by atoms with Gasteiger partial charge in [-0.05, 0) is 28.3 Å². The molecular formula is C24H17BO2S. The lowest BCUT2D eigenvalue weighted by Crippen LogP contribution is -2.30. The average Bonchev–Trinajstić information content (AvgIpc) is 3.13. The largest absolute Gasteiger partial charge is 0.489 e. The van der Waals surface area contributed by atoms with Crippen LogP contribution >= 0.6 is 11.3 Å². The van der Waals surface area contributed by atoms with Crippen LogP contribution in [0, 0.1) is 0 Å². The fourth-order valence-corrected chi connectivity index (χ4v) is 5.11. The summed E-state index contributed by atoms with van der Waals surface area (Å²) in [6, 6.07) is 30.7. The summed E-state index contributed by atoms with van der Waals surface area (Å²) in [7, 11) is -1.51. The van der Waals surface area contributed by atoms with Crippen LogP contribution in [0.2, 0.25) is 0 Å². The van der Waals surface area contributed by atoms with Gasteiger partial charge in [-0.15, -0.1) is 11.3 Å². The van der Waals surface area contributed by atoms with Crippen LogP contribution in [0.5, 0.6) is 0 Å². The van der Waals surface area contributed by atoms with Gasteiger partial charge in [0.25, 0.3) is 0 Å². The van der Waals surface area contributed by atoms with E-state index in [1.54, 1.807) is 11.3 Å². The predicted molar refractivity (Wildman–Crippen MR) is 120 cm³/mol. The quantitative estimate of drug-likeness (QED) is 0.429. The maximum atomic E-state index is 10.1. The van der Waals surface area contributed by atoms with Gasteiger partial charge in [-0.1, -0.05) is 84.9 Å². The van der Waals surface area contributed by atoms with Gasteiger partial charge in [0, 0.05) is 25.6 Å². The third-order valence-electron chi connectivity index (χ3n) is 5.10. The van der Waals surface area contributed by atoms with Gasteiger partial charge >= 0.3 is 7.12 Å². The van der Waals surface area contributed by atoms with Crippen molar-refractivity contribution in [2.75, 3.05) is 0 Å². The summed E-state index contributed by atoms with van der Waals surface area (Å²) < 4.78 is 2.09. The van der Waals surface area contributed by atoms with E-state index in [0.29, 0.717) is 5.46 Å². The Morgan fingerprint density at radius 3 is 1.93 bits per heavy atom. The first-order valence-electron chi connectivity index (χ1n) is 9.18. The Kier molecular flexibility index (Phi) is 4.25. The highest BCUT2D eigenvalue weighted by atomic mass is 32.1. The molecule has 5 aromatic rings. The van der Waals surface area contributed by atoms with Crippen LogP contribution in [-0.2, 0) is 0 Å². The van der Waals surface area contributed by atoms with Crippen molar-refractivity contribution in [1.82, 2.24) is 0 Å². The summed E-state index contributed by atoms with van der Waals surface area (Å²) in [6.07, 6.45) is 0. The molecule has 0 bridgehead atoms. The first-order valence-corrected chi connectivity index (χ1v) is 10.00. The standard InChI is InChI=1S/C24H17BO2S/c26-25(27)22-15-18(16-8-3-1-4-9-16)14-21-20-13-7-12-19(23(20)28-24(21)22)17-10-5-2-6-11-17/h1-15,26-27H. The van der Waals surface area contributed by atoms with Crippen molar-refractivity contribution in [3.63, 3.8) is 0 Å². The Bertz CT molecular complexity index is 1280. The third-order valence-corrected chi connectivity index (χ3v) is 6.40. The number of fused-ring (bicyclic) bond motifs is 3. The highest BCUT2D eigenvalue weighted by Crippen LogP contribution is 2.40. The third kappa shape index (κ3) is 2.83. The molecule has 0 radical (unpaired) electrons. The molecule has 2 N–H and O–H groups in total. The zero-order valence-corrected chi connectivity index (χ0v) is 15.9. The molecule has 2 nitrogen and oxygen atoms in total. The van der Waals surface area contributed by atoms with Gasteiger partial charge in [0.05, 0.1) is 0 Å². The molecule has 4 aromatic carbocycles. The Hall–Kier alpha value is -2.92. The van der Waals surface area contributed by atoms with E-state index in [-0.39, 0.29) is 0 Å². The molecule has 5 rings (SSSR count). The summed E-state index contributed by atoms with van der Waals surface area (Å²) in [5, 5.41) is 22.3. The molecule has 134 valence electrons. The monoisotopic (exact) mass is 380 g/mol. The van der Waals surface area contributed by atoms with Gasteiger partial charge in [-0.25, -0.2) is 0 Å². The normalized spacial score (nSPS) is 11.2. The second kappa shape index (κ2) is 6.91. The van der Waals surface area contributed by atoms with Crippen LogP contribution in [-0.4, -0.2) is 17.2 Å². The van der Waals surface area contributed by atoms with Gasteiger partial charge < -0.3 is 10.0 Å². The minimum atomic E-state index is -1.51. The van der Waals surface area contributed by atoms with Crippen molar-refractivity contribution in [2.24, 2.45) is 0 Å². The summed E-state index contributed by atoms with van der Waals surface area (Å²) in [5.41, 5.74) is 4.93. The van der Waals surface area contributed by atoms with Crippen LogP contribution in [0.4, 0.5) is 0 Å². The molecular weight excluding hydrogens is 363 g/mol. The van der Waals surface area contributed by atoms with E-state index >= 15 is 0 Å². The highest BCUT2D eigenvalue weighted by molar-refractivity contribution is 7.27. The number of thiophene rings is 1. The van der Waals surface area contributed by atoms with Gasteiger partial charge in [0.1, 0.15) is 0 Å². The van der Waals surface area contributed by atoms with Crippen molar-refractivity contribution in [3.8, 4) is 22.3 Å². The predicted octanol–water partition coefficient (Wildman–Crippen LogP) is 5.07. The zero-order valence-electron chi connectivity index (χ0n) is 15.0. The SMILES string of the molecule is OB(O)c1cc(-c2ccccc2)cc2c1sc1c(-c3ccccc3)cccc12. The number of rotatable bonds is 3. The molecule has 0 aliphatic carbocycles. The van der Waals surface area contributed by atoms with E-state index in [1.807, 2.05) is 54.6 Å². The highest BCUT2D eigenvalue weighted by Gasteiger charge is 2.21. The van der Waals surface area contributed by atoms with Crippen LogP contribution in [0.25, 0.3) is 42.4 Å². The molecule has 0 saturated heterocycles. The molecule has 0 aliphatic heterocycles. The number of hydrogen-bond acceptors (Lipinski definition) is 3. The van der Waals surface area contributed by atoms with Gasteiger partial charge in [-0.2, -0.15) is 0 Å². The van der Waals surface area contributed by atoms with Crippen molar-refractivity contribution in [2.45, 2.75) is 0 Å². The van der Waals surface area contributed by atoms with Gasteiger partial charge in [0.15, 0.2) is 0 Å². The second-order valence-electron chi connectivity index (χ2n) is 6.83. The zero-order chi connectivity index (χ0) is 19.1. The van der Waals surface area contributed by atoms with Crippen molar-refractivity contribution >= 4 is 44.1 Å². The van der Waals surface area contributed by atoms with Gasteiger partial charge in [-0.3, -0.25) is 0 Å². The fraction of sp³-hybridized carbons (Fsp3) is 0. The lowest BCUT2D eigenvalue weighted by molar-refractivity contribution is 0.426.